The second-order valence-corrected chi connectivity index (χ2v) is 9.29. The van der Waals surface area contributed by atoms with E-state index in [4.69, 9.17) is 21.1 Å². The molecule has 1 aliphatic carbocycles. The molecule has 0 saturated carbocycles. The van der Waals surface area contributed by atoms with E-state index in [2.05, 4.69) is 23.1 Å². The smallest absolute Gasteiger partial charge is 0.355 e. The van der Waals surface area contributed by atoms with Gasteiger partial charge in [-0.2, -0.15) is 0 Å². The van der Waals surface area contributed by atoms with E-state index in [0.717, 1.165) is 48.2 Å². The third kappa shape index (κ3) is 4.98. The third-order valence-corrected chi connectivity index (χ3v) is 6.92. The Labute approximate surface area is 211 Å². The lowest BCUT2D eigenvalue weighted by Gasteiger charge is -2.39. The van der Waals surface area contributed by atoms with E-state index in [0.29, 0.717) is 10.7 Å². The average molecular weight is 486 g/mol. The molecule has 0 N–H and O–H groups in total. The Hall–Kier alpha value is -3.50. The van der Waals surface area contributed by atoms with Crippen molar-refractivity contribution < 1.29 is 14.3 Å². The molecule has 1 heterocycles. The first kappa shape index (κ1) is 23.3. The molecule has 4 nitrogen and oxygen atoms in total. The highest BCUT2D eigenvalue weighted by Crippen LogP contribution is 2.45. The summed E-state index contributed by atoms with van der Waals surface area (Å²) in [6.45, 7) is 0.227. The highest BCUT2D eigenvalue weighted by atomic mass is 35.5. The van der Waals surface area contributed by atoms with Gasteiger partial charge in [0.1, 0.15) is 18.1 Å². The fraction of sp³-hybridized carbons (Fsp3) is 0.233. The molecule has 0 amide bonds. The zero-order valence-corrected chi connectivity index (χ0v) is 20.5. The molecule has 0 fully saturated rings. The van der Waals surface area contributed by atoms with Crippen LogP contribution in [0, 0.1) is 0 Å². The van der Waals surface area contributed by atoms with E-state index in [1.54, 1.807) is 7.11 Å². The molecule has 3 aromatic carbocycles. The van der Waals surface area contributed by atoms with Crippen LogP contribution in [-0.4, -0.2) is 13.1 Å². The van der Waals surface area contributed by atoms with Crippen LogP contribution in [0.5, 0.6) is 5.75 Å². The standard InChI is InChI=1S/C30H28ClNO3/c1-34-25-17-15-24(16-18-25)32-28-10-6-5-9-26(28)27(22-11-13-23(31)14-12-22)19-29(32)30(33)35-20-21-7-3-2-4-8-21/h2-4,7-8,11-19,27H,5-6,9-10,20H2,1H3. The van der Waals surface area contributed by atoms with Gasteiger partial charge in [0.05, 0.1) is 7.11 Å². The van der Waals surface area contributed by atoms with Crippen LogP contribution in [0.4, 0.5) is 5.69 Å². The molecule has 35 heavy (non-hydrogen) atoms. The maximum absolute atomic E-state index is 13.6. The number of ether oxygens (including phenoxy) is 2. The number of methoxy groups -OCH3 is 1. The molecular formula is C30H28ClNO3. The van der Waals surface area contributed by atoms with Gasteiger partial charge in [0.2, 0.25) is 0 Å². The number of hydrogen-bond donors (Lipinski definition) is 0. The number of anilines is 1. The van der Waals surface area contributed by atoms with Gasteiger partial charge >= 0.3 is 5.97 Å². The second kappa shape index (κ2) is 10.4. The van der Waals surface area contributed by atoms with E-state index >= 15 is 0 Å². The van der Waals surface area contributed by atoms with Crippen molar-refractivity contribution in [3.05, 3.63) is 118 Å². The topological polar surface area (TPSA) is 38.8 Å². The van der Waals surface area contributed by atoms with E-state index in [1.165, 1.54) is 11.3 Å². The lowest BCUT2D eigenvalue weighted by atomic mass is 9.79. The number of hydrogen-bond acceptors (Lipinski definition) is 4. The number of benzene rings is 3. The van der Waals surface area contributed by atoms with Crippen LogP contribution < -0.4 is 9.64 Å². The van der Waals surface area contributed by atoms with Gasteiger partial charge in [-0.3, -0.25) is 0 Å². The second-order valence-electron chi connectivity index (χ2n) is 8.86. The van der Waals surface area contributed by atoms with Crippen molar-refractivity contribution in [2.24, 2.45) is 0 Å². The Morgan fingerprint density at radius 3 is 2.37 bits per heavy atom. The predicted octanol–water partition coefficient (Wildman–Crippen LogP) is 7.41. The minimum Gasteiger partial charge on any atom is -0.497 e. The summed E-state index contributed by atoms with van der Waals surface area (Å²) in [5.41, 5.74) is 6.11. The van der Waals surface area contributed by atoms with Gasteiger partial charge in [-0.25, -0.2) is 4.79 Å². The van der Waals surface area contributed by atoms with Crippen molar-refractivity contribution in [1.29, 1.82) is 0 Å². The van der Waals surface area contributed by atoms with Crippen LogP contribution in [0.15, 0.2) is 102 Å². The van der Waals surface area contributed by atoms with Crippen molar-refractivity contribution in [1.82, 2.24) is 0 Å². The van der Waals surface area contributed by atoms with Gasteiger partial charge in [-0.15, -0.1) is 0 Å². The average Bonchev–Trinajstić information content (AvgIpc) is 2.92. The molecule has 0 radical (unpaired) electrons. The summed E-state index contributed by atoms with van der Waals surface area (Å²) in [7, 11) is 1.65. The fourth-order valence-electron chi connectivity index (χ4n) is 4.93. The highest BCUT2D eigenvalue weighted by Gasteiger charge is 2.35. The number of allylic oxidation sites excluding steroid dienone is 3. The van der Waals surface area contributed by atoms with Gasteiger partial charge in [0.15, 0.2) is 0 Å². The zero-order valence-electron chi connectivity index (χ0n) is 19.7. The minimum atomic E-state index is -0.333. The van der Waals surface area contributed by atoms with Gasteiger partial charge < -0.3 is 14.4 Å². The summed E-state index contributed by atoms with van der Waals surface area (Å²) in [5, 5.41) is 0.703. The number of halogens is 1. The number of esters is 1. The molecule has 0 bridgehead atoms. The van der Waals surface area contributed by atoms with Gasteiger partial charge in [0, 0.05) is 22.3 Å². The summed E-state index contributed by atoms with van der Waals surface area (Å²) >= 11 is 6.17. The predicted molar refractivity (Wildman–Crippen MR) is 139 cm³/mol. The molecule has 1 unspecified atom stereocenters. The van der Waals surface area contributed by atoms with Crippen LogP contribution in [0.1, 0.15) is 42.7 Å². The first-order valence-corrected chi connectivity index (χ1v) is 12.4. The normalized spacial score (nSPS) is 17.5. The van der Waals surface area contributed by atoms with Gasteiger partial charge in [0.25, 0.3) is 0 Å². The van der Waals surface area contributed by atoms with Gasteiger partial charge in [-0.05, 0) is 84.9 Å². The first-order valence-electron chi connectivity index (χ1n) is 12.0. The fourth-order valence-corrected chi connectivity index (χ4v) is 5.06. The largest absolute Gasteiger partial charge is 0.497 e. The summed E-state index contributed by atoms with van der Waals surface area (Å²) < 4.78 is 11.2. The van der Waals surface area contributed by atoms with Gasteiger partial charge in [-0.1, -0.05) is 54.1 Å². The first-order chi connectivity index (χ1) is 17.1. The third-order valence-electron chi connectivity index (χ3n) is 6.67. The van der Waals surface area contributed by atoms with E-state index < -0.39 is 0 Å². The molecule has 0 spiro atoms. The Kier molecular flexibility index (Phi) is 6.91. The number of rotatable bonds is 6. The van der Waals surface area contributed by atoms with Crippen molar-refractivity contribution in [3.63, 3.8) is 0 Å². The van der Waals surface area contributed by atoms with Crippen LogP contribution in [0.3, 0.4) is 0 Å². The van der Waals surface area contributed by atoms with E-state index in [9.17, 15) is 4.79 Å². The number of nitrogens with zero attached hydrogens (tertiary/aromatic N) is 1. The molecular weight excluding hydrogens is 458 g/mol. The molecule has 178 valence electrons. The highest BCUT2D eigenvalue weighted by molar-refractivity contribution is 6.30. The van der Waals surface area contributed by atoms with E-state index in [1.807, 2.05) is 66.7 Å². The molecule has 2 aliphatic rings. The lowest BCUT2D eigenvalue weighted by Crippen LogP contribution is -2.34. The summed E-state index contributed by atoms with van der Waals surface area (Å²) in [6, 6.07) is 25.6. The molecule has 0 aromatic heterocycles. The number of carbonyl (C=O) groups is 1. The molecule has 3 aromatic rings. The Morgan fingerprint density at radius 2 is 1.66 bits per heavy atom. The molecule has 5 rings (SSSR count). The summed E-state index contributed by atoms with van der Waals surface area (Å²) in [5.74, 6) is 0.455. The van der Waals surface area contributed by atoms with E-state index in [-0.39, 0.29) is 18.5 Å². The van der Waals surface area contributed by atoms with Crippen molar-refractivity contribution in [2.45, 2.75) is 38.2 Å². The maximum Gasteiger partial charge on any atom is 0.355 e. The Morgan fingerprint density at radius 1 is 0.943 bits per heavy atom. The van der Waals surface area contributed by atoms with Crippen molar-refractivity contribution in [3.8, 4) is 5.75 Å². The SMILES string of the molecule is COc1ccc(N2C(C(=O)OCc3ccccc3)=CC(c3ccc(Cl)cc3)C3=C2CCCC3)cc1. The Balaban J connectivity index is 1.56. The molecule has 1 atom stereocenters. The van der Waals surface area contributed by atoms with Crippen LogP contribution in [0.2, 0.25) is 5.02 Å². The van der Waals surface area contributed by atoms with Crippen molar-refractivity contribution >= 4 is 23.3 Å². The van der Waals surface area contributed by atoms with Crippen LogP contribution in [0.25, 0.3) is 0 Å². The monoisotopic (exact) mass is 485 g/mol. The van der Waals surface area contributed by atoms with Crippen LogP contribution >= 0.6 is 11.6 Å². The molecule has 1 aliphatic heterocycles. The summed E-state index contributed by atoms with van der Waals surface area (Å²) in [6.07, 6.45) is 6.20. The molecule has 0 saturated heterocycles. The van der Waals surface area contributed by atoms with Crippen LogP contribution in [-0.2, 0) is 16.1 Å². The molecule has 5 heteroatoms. The summed E-state index contributed by atoms with van der Waals surface area (Å²) in [4.78, 5) is 15.7. The van der Waals surface area contributed by atoms with Crippen molar-refractivity contribution in [2.75, 3.05) is 12.0 Å². The maximum atomic E-state index is 13.6. The number of carbonyl (C=O) groups excluding carboxylic acids is 1. The zero-order chi connectivity index (χ0) is 24.2. The quantitative estimate of drug-likeness (QED) is 0.341. The Bertz CT molecular complexity index is 1250. The minimum absolute atomic E-state index is 0.0105. The lowest BCUT2D eigenvalue weighted by molar-refractivity contribution is -0.140.